The molecular weight excluding hydrogens is 375 g/mol. The van der Waals surface area contributed by atoms with E-state index in [2.05, 4.69) is 10.3 Å². The molecular formula is C19H18F3N3O3. The molecule has 1 aromatic rings. The number of nitrogens with zero attached hydrogens (tertiary/aromatic N) is 2. The van der Waals surface area contributed by atoms with Crippen LogP contribution in [0.5, 0.6) is 0 Å². The normalized spacial score (nSPS) is 30.4. The van der Waals surface area contributed by atoms with Crippen molar-refractivity contribution < 1.29 is 27.6 Å². The predicted octanol–water partition coefficient (Wildman–Crippen LogP) is 3.29. The summed E-state index contributed by atoms with van der Waals surface area (Å²) in [5, 5.41) is 2.14. The Morgan fingerprint density at radius 2 is 1.86 bits per heavy atom. The first kappa shape index (κ1) is 18.6. The Bertz CT molecular complexity index is 867. The number of rotatable bonds is 3. The second kappa shape index (κ2) is 6.72. The van der Waals surface area contributed by atoms with Gasteiger partial charge in [-0.05, 0) is 43.2 Å². The lowest BCUT2D eigenvalue weighted by atomic mass is 9.92. The summed E-state index contributed by atoms with van der Waals surface area (Å²) in [5.74, 6) is -2.34. The molecule has 9 heteroatoms. The van der Waals surface area contributed by atoms with Crippen LogP contribution < -0.4 is 5.32 Å². The standard InChI is InChI=1S/C19H18F3N3O3/c20-19(21,22)13-3-1-2-4-14(13)23-9-12-16(26)24-18(28)25(17(12)27)15-8-10-5-6-11(15)7-10/h1-4,9-12,15H,5-8H2,(H,24,26,28)/t10-,11-,12+,15+/m0/s1. The fourth-order valence-corrected chi connectivity index (χ4v) is 4.56. The molecule has 0 spiro atoms. The average Bonchev–Trinajstić information content (AvgIpc) is 3.24. The number of benzene rings is 1. The van der Waals surface area contributed by atoms with Crippen molar-refractivity contribution in [2.24, 2.45) is 22.7 Å². The van der Waals surface area contributed by atoms with Gasteiger partial charge < -0.3 is 0 Å². The minimum atomic E-state index is -4.61. The van der Waals surface area contributed by atoms with E-state index < -0.39 is 35.5 Å². The number of carbonyl (C=O) groups excluding carboxylic acids is 3. The molecule has 1 aromatic carbocycles. The average molecular weight is 393 g/mol. The van der Waals surface area contributed by atoms with E-state index in [1.54, 1.807) is 0 Å². The zero-order chi connectivity index (χ0) is 20.1. The number of nitrogens with one attached hydrogen (secondary N) is 1. The smallest absolute Gasteiger partial charge is 0.277 e. The van der Waals surface area contributed by atoms with Gasteiger partial charge in [-0.3, -0.25) is 24.8 Å². The van der Waals surface area contributed by atoms with Crippen molar-refractivity contribution in [1.29, 1.82) is 0 Å². The van der Waals surface area contributed by atoms with Crippen molar-refractivity contribution >= 4 is 29.7 Å². The number of hydrogen-bond acceptors (Lipinski definition) is 4. The highest BCUT2D eigenvalue weighted by Gasteiger charge is 2.50. The van der Waals surface area contributed by atoms with Gasteiger partial charge in [-0.15, -0.1) is 0 Å². The largest absolute Gasteiger partial charge is 0.418 e. The molecule has 3 aliphatic rings. The number of halogens is 3. The topological polar surface area (TPSA) is 78.8 Å². The minimum Gasteiger partial charge on any atom is -0.277 e. The number of alkyl halides is 3. The highest BCUT2D eigenvalue weighted by Crippen LogP contribution is 2.47. The summed E-state index contributed by atoms with van der Waals surface area (Å²) in [6, 6.07) is 3.63. The number of barbiturate groups is 1. The minimum absolute atomic E-state index is 0.219. The van der Waals surface area contributed by atoms with Crippen LogP contribution >= 0.6 is 0 Å². The van der Waals surface area contributed by atoms with Crippen LogP contribution in [-0.4, -0.2) is 35.0 Å². The Balaban J connectivity index is 1.59. The predicted molar refractivity (Wildman–Crippen MR) is 92.7 cm³/mol. The van der Waals surface area contributed by atoms with Crippen LogP contribution in [0, 0.1) is 17.8 Å². The Morgan fingerprint density at radius 3 is 2.50 bits per heavy atom. The SMILES string of the molecule is O=C1NC(=O)N([C@@H]2C[C@H]3CC[C@H]2C3)C(=O)[C@@H]1C=Nc1ccccc1C(F)(F)F. The summed E-state index contributed by atoms with van der Waals surface area (Å²) < 4.78 is 39.3. The van der Waals surface area contributed by atoms with Gasteiger partial charge in [0.05, 0.1) is 11.3 Å². The van der Waals surface area contributed by atoms with E-state index >= 15 is 0 Å². The number of imide groups is 2. The summed E-state index contributed by atoms with van der Waals surface area (Å²) in [7, 11) is 0. The number of aliphatic imine (C=N–C) groups is 1. The van der Waals surface area contributed by atoms with Gasteiger partial charge in [0.15, 0.2) is 5.92 Å². The van der Waals surface area contributed by atoms with Crippen molar-refractivity contribution in [3.63, 3.8) is 0 Å². The van der Waals surface area contributed by atoms with Gasteiger partial charge in [-0.1, -0.05) is 18.6 Å². The summed E-state index contributed by atoms with van der Waals surface area (Å²) in [6.07, 6.45) is -0.0557. The zero-order valence-electron chi connectivity index (χ0n) is 14.8. The van der Waals surface area contributed by atoms with Gasteiger partial charge in [0.2, 0.25) is 11.8 Å². The van der Waals surface area contributed by atoms with Crippen LogP contribution in [0.25, 0.3) is 0 Å². The summed E-state index contributed by atoms with van der Waals surface area (Å²) in [6.45, 7) is 0. The number of amides is 4. The maximum absolute atomic E-state index is 13.1. The van der Waals surface area contributed by atoms with E-state index in [0.29, 0.717) is 12.3 Å². The maximum Gasteiger partial charge on any atom is 0.418 e. The molecule has 148 valence electrons. The van der Waals surface area contributed by atoms with E-state index in [-0.39, 0.29) is 17.6 Å². The Labute approximate surface area is 158 Å². The molecule has 4 rings (SSSR count). The van der Waals surface area contributed by atoms with Crippen LogP contribution in [0.15, 0.2) is 29.3 Å². The molecule has 1 saturated heterocycles. The van der Waals surface area contributed by atoms with Crippen molar-refractivity contribution in [1.82, 2.24) is 10.2 Å². The molecule has 0 aromatic heterocycles. The summed E-state index contributed by atoms with van der Waals surface area (Å²) >= 11 is 0. The molecule has 6 nitrogen and oxygen atoms in total. The summed E-state index contributed by atoms with van der Waals surface area (Å²) in [4.78, 5) is 42.1. The van der Waals surface area contributed by atoms with Crippen LogP contribution in [0.2, 0.25) is 0 Å². The molecule has 2 aliphatic carbocycles. The van der Waals surface area contributed by atoms with Crippen molar-refractivity contribution in [3.8, 4) is 0 Å². The Kier molecular flexibility index (Phi) is 4.47. The van der Waals surface area contributed by atoms with E-state index in [4.69, 9.17) is 0 Å². The first-order chi connectivity index (χ1) is 13.3. The van der Waals surface area contributed by atoms with Gasteiger partial charge in [0.1, 0.15) is 0 Å². The highest BCUT2D eigenvalue weighted by molar-refractivity contribution is 6.23. The van der Waals surface area contributed by atoms with Gasteiger partial charge >= 0.3 is 12.2 Å². The number of urea groups is 1. The molecule has 1 heterocycles. The quantitative estimate of drug-likeness (QED) is 0.632. The lowest BCUT2D eigenvalue weighted by molar-refractivity contribution is -0.141. The molecule has 2 saturated carbocycles. The molecule has 4 atom stereocenters. The summed E-state index contributed by atoms with van der Waals surface area (Å²) in [5.41, 5.74) is -1.35. The molecule has 0 radical (unpaired) electrons. The van der Waals surface area contributed by atoms with Crippen LogP contribution in [0.3, 0.4) is 0 Å². The third-order valence-corrected chi connectivity index (χ3v) is 5.84. The van der Waals surface area contributed by atoms with Gasteiger partial charge in [0.25, 0.3) is 0 Å². The maximum atomic E-state index is 13.1. The Hall–Kier alpha value is -2.71. The van der Waals surface area contributed by atoms with Crippen molar-refractivity contribution in [2.75, 3.05) is 0 Å². The molecule has 1 aliphatic heterocycles. The molecule has 28 heavy (non-hydrogen) atoms. The zero-order valence-corrected chi connectivity index (χ0v) is 14.8. The number of hydrogen-bond donors (Lipinski definition) is 1. The van der Waals surface area contributed by atoms with Crippen molar-refractivity contribution in [3.05, 3.63) is 29.8 Å². The monoisotopic (exact) mass is 393 g/mol. The van der Waals surface area contributed by atoms with Gasteiger partial charge in [0, 0.05) is 12.3 Å². The lowest BCUT2D eigenvalue weighted by Crippen LogP contribution is -2.62. The fourth-order valence-electron chi connectivity index (χ4n) is 4.56. The van der Waals surface area contributed by atoms with Crippen LogP contribution in [0.1, 0.15) is 31.2 Å². The molecule has 0 unspecified atom stereocenters. The van der Waals surface area contributed by atoms with Crippen LogP contribution in [-0.2, 0) is 15.8 Å². The first-order valence-corrected chi connectivity index (χ1v) is 9.14. The van der Waals surface area contributed by atoms with E-state index in [1.807, 2.05) is 0 Å². The highest BCUT2D eigenvalue weighted by atomic mass is 19.4. The third kappa shape index (κ3) is 3.18. The van der Waals surface area contributed by atoms with Gasteiger partial charge in [-0.25, -0.2) is 4.79 Å². The van der Waals surface area contributed by atoms with E-state index in [0.717, 1.165) is 42.5 Å². The lowest BCUT2D eigenvalue weighted by Gasteiger charge is -2.36. The Morgan fingerprint density at radius 1 is 1.11 bits per heavy atom. The second-order valence-corrected chi connectivity index (χ2v) is 7.52. The van der Waals surface area contributed by atoms with E-state index in [9.17, 15) is 27.6 Å². The molecule has 3 fully saturated rings. The van der Waals surface area contributed by atoms with Gasteiger partial charge in [-0.2, -0.15) is 13.2 Å². The fraction of sp³-hybridized carbons (Fsp3) is 0.474. The second-order valence-electron chi connectivity index (χ2n) is 7.52. The van der Waals surface area contributed by atoms with Crippen molar-refractivity contribution in [2.45, 2.75) is 37.9 Å². The molecule has 1 N–H and O–H groups in total. The number of fused-ring (bicyclic) bond motifs is 2. The van der Waals surface area contributed by atoms with E-state index in [1.165, 1.54) is 12.1 Å². The number of para-hydroxylation sites is 1. The number of carbonyl (C=O) groups is 3. The first-order valence-electron chi connectivity index (χ1n) is 9.14. The molecule has 4 amide bonds. The third-order valence-electron chi connectivity index (χ3n) is 5.84. The van der Waals surface area contributed by atoms with Crippen LogP contribution in [0.4, 0.5) is 23.7 Å². The molecule has 2 bridgehead atoms.